The topological polar surface area (TPSA) is 66.8 Å². The summed E-state index contributed by atoms with van der Waals surface area (Å²) < 4.78 is 4.63. The molecule has 1 unspecified atom stereocenters. The summed E-state index contributed by atoms with van der Waals surface area (Å²) in [5, 5.41) is 8.59. The van der Waals surface area contributed by atoms with E-state index in [-0.39, 0.29) is 18.4 Å². The average molecular weight is 201 g/mol. The summed E-state index contributed by atoms with van der Waals surface area (Å²) in [6.45, 7) is 1.26. The Bertz CT molecular complexity index is 229. The van der Waals surface area contributed by atoms with Gasteiger partial charge in [-0.15, -0.1) is 0 Å². The van der Waals surface area contributed by atoms with Crippen molar-refractivity contribution < 1.29 is 19.4 Å². The first-order valence-electron chi connectivity index (χ1n) is 4.65. The van der Waals surface area contributed by atoms with E-state index in [1.807, 2.05) is 0 Å². The summed E-state index contributed by atoms with van der Waals surface area (Å²) in [7, 11) is 1.36. The lowest BCUT2D eigenvalue weighted by Gasteiger charge is -2.29. The van der Waals surface area contributed by atoms with Gasteiger partial charge in [0.2, 0.25) is 0 Å². The molecule has 0 amide bonds. The number of hydrogen-bond donors (Lipinski definition) is 1. The lowest BCUT2D eigenvalue weighted by atomic mass is 9.98. The SMILES string of the molecule is COC(=O)C1CCCN(CC(=O)O)C1. The average Bonchev–Trinajstić information content (AvgIpc) is 2.16. The van der Waals surface area contributed by atoms with Gasteiger partial charge in [0.15, 0.2) is 0 Å². The molecule has 0 aromatic rings. The molecule has 0 saturated carbocycles. The Balaban J connectivity index is 2.43. The Morgan fingerprint density at radius 1 is 1.57 bits per heavy atom. The van der Waals surface area contributed by atoms with Gasteiger partial charge in [0.25, 0.3) is 0 Å². The molecule has 1 aliphatic rings. The molecule has 14 heavy (non-hydrogen) atoms. The van der Waals surface area contributed by atoms with Crippen LogP contribution in [-0.2, 0) is 14.3 Å². The van der Waals surface area contributed by atoms with E-state index in [2.05, 4.69) is 4.74 Å². The van der Waals surface area contributed by atoms with E-state index in [1.54, 1.807) is 4.90 Å². The van der Waals surface area contributed by atoms with Gasteiger partial charge in [-0.25, -0.2) is 0 Å². The second-order valence-corrected chi connectivity index (χ2v) is 3.49. The van der Waals surface area contributed by atoms with E-state index in [0.29, 0.717) is 6.54 Å². The minimum Gasteiger partial charge on any atom is -0.480 e. The van der Waals surface area contributed by atoms with E-state index < -0.39 is 5.97 Å². The number of carboxylic acids is 1. The molecule has 0 spiro atoms. The Morgan fingerprint density at radius 2 is 2.29 bits per heavy atom. The van der Waals surface area contributed by atoms with Crippen molar-refractivity contribution in [2.75, 3.05) is 26.7 Å². The Hall–Kier alpha value is -1.10. The second-order valence-electron chi connectivity index (χ2n) is 3.49. The van der Waals surface area contributed by atoms with Crippen molar-refractivity contribution in [3.8, 4) is 0 Å². The highest BCUT2D eigenvalue weighted by molar-refractivity contribution is 5.73. The maximum atomic E-state index is 11.2. The van der Waals surface area contributed by atoms with Gasteiger partial charge in [0, 0.05) is 6.54 Å². The predicted molar refractivity (Wildman–Crippen MR) is 48.8 cm³/mol. The molecule has 1 fully saturated rings. The van der Waals surface area contributed by atoms with Gasteiger partial charge in [-0.05, 0) is 19.4 Å². The third-order valence-corrected chi connectivity index (χ3v) is 2.40. The third kappa shape index (κ3) is 2.99. The molecule has 1 rings (SSSR count). The number of hydrogen-bond acceptors (Lipinski definition) is 4. The van der Waals surface area contributed by atoms with Gasteiger partial charge in [-0.2, -0.15) is 0 Å². The van der Waals surface area contributed by atoms with Crippen LogP contribution in [0.1, 0.15) is 12.8 Å². The standard InChI is InChI=1S/C9H15NO4/c1-14-9(13)7-3-2-4-10(5-7)6-8(11)12/h7H,2-6H2,1H3,(H,11,12). The highest BCUT2D eigenvalue weighted by Crippen LogP contribution is 2.17. The first-order chi connectivity index (χ1) is 6.63. The Kier molecular flexibility index (Phi) is 3.88. The molecule has 0 aromatic carbocycles. The fraction of sp³-hybridized carbons (Fsp3) is 0.778. The fourth-order valence-corrected chi connectivity index (χ4v) is 1.75. The fourth-order valence-electron chi connectivity index (χ4n) is 1.75. The Labute approximate surface area is 82.6 Å². The lowest BCUT2D eigenvalue weighted by molar-refractivity contribution is -0.149. The number of carbonyl (C=O) groups is 2. The molecule has 1 saturated heterocycles. The number of rotatable bonds is 3. The van der Waals surface area contributed by atoms with E-state index in [1.165, 1.54) is 7.11 Å². The first kappa shape index (κ1) is 11.0. The highest BCUT2D eigenvalue weighted by Gasteiger charge is 2.27. The molecule has 1 N–H and O–H groups in total. The van der Waals surface area contributed by atoms with Crippen LogP contribution in [0.4, 0.5) is 0 Å². The summed E-state index contributed by atoms with van der Waals surface area (Å²) in [6.07, 6.45) is 1.65. The minimum atomic E-state index is -0.851. The van der Waals surface area contributed by atoms with Crippen LogP contribution < -0.4 is 0 Å². The van der Waals surface area contributed by atoms with E-state index in [9.17, 15) is 9.59 Å². The van der Waals surface area contributed by atoms with Gasteiger partial charge in [0.1, 0.15) is 0 Å². The molecule has 0 radical (unpaired) electrons. The predicted octanol–water partition coefficient (Wildman–Crippen LogP) is -0.0440. The molecular formula is C9H15NO4. The number of methoxy groups -OCH3 is 1. The van der Waals surface area contributed by atoms with Crippen LogP contribution in [-0.4, -0.2) is 48.7 Å². The summed E-state index contributed by atoms with van der Waals surface area (Å²) >= 11 is 0. The van der Waals surface area contributed by atoms with Gasteiger partial charge < -0.3 is 9.84 Å². The van der Waals surface area contributed by atoms with Gasteiger partial charge in [-0.1, -0.05) is 0 Å². The van der Waals surface area contributed by atoms with Crippen LogP contribution in [0.25, 0.3) is 0 Å². The van der Waals surface area contributed by atoms with Crippen molar-refractivity contribution >= 4 is 11.9 Å². The molecule has 5 nitrogen and oxygen atoms in total. The lowest BCUT2D eigenvalue weighted by Crippen LogP contribution is -2.41. The summed E-state index contributed by atoms with van der Waals surface area (Å²) in [5.41, 5.74) is 0. The number of piperidine rings is 1. The number of carbonyl (C=O) groups excluding carboxylic acids is 1. The molecule has 1 heterocycles. The smallest absolute Gasteiger partial charge is 0.317 e. The highest BCUT2D eigenvalue weighted by atomic mass is 16.5. The zero-order valence-electron chi connectivity index (χ0n) is 8.23. The number of esters is 1. The monoisotopic (exact) mass is 201 g/mol. The second kappa shape index (κ2) is 4.95. The number of likely N-dealkylation sites (tertiary alicyclic amines) is 1. The molecular weight excluding hydrogens is 186 g/mol. The molecule has 0 bridgehead atoms. The summed E-state index contributed by atoms with van der Waals surface area (Å²) in [6, 6.07) is 0. The van der Waals surface area contributed by atoms with Crippen LogP contribution in [0.3, 0.4) is 0 Å². The van der Waals surface area contributed by atoms with Crippen LogP contribution in [0.15, 0.2) is 0 Å². The van der Waals surface area contributed by atoms with E-state index in [0.717, 1.165) is 19.4 Å². The largest absolute Gasteiger partial charge is 0.480 e. The van der Waals surface area contributed by atoms with Crippen molar-refractivity contribution in [2.45, 2.75) is 12.8 Å². The van der Waals surface area contributed by atoms with E-state index in [4.69, 9.17) is 5.11 Å². The quantitative estimate of drug-likeness (QED) is 0.649. The van der Waals surface area contributed by atoms with Gasteiger partial charge in [-0.3, -0.25) is 14.5 Å². The van der Waals surface area contributed by atoms with Crippen LogP contribution in [0.5, 0.6) is 0 Å². The summed E-state index contributed by atoms with van der Waals surface area (Å²) in [5.74, 6) is -1.25. The Morgan fingerprint density at radius 3 is 2.86 bits per heavy atom. The number of nitrogens with zero attached hydrogens (tertiary/aromatic N) is 1. The van der Waals surface area contributed by atoms with Crippen molar-refractivity contribution in [3.63, 3.8) is 0 Å². The van der Waals surface area contributed by atoms with Gasteiger partial charge >= 0.3 is 11.9 Å². The maximum Gasteiger partial charge on any atom is 0.317 e. The van der Waals surface area contributed by atoms with Crippen molar-refractivity contribution in [3.05, 3.63) is 0 Å². The third-order valence-electron chi connectivity index (χ3n) is 2.40. The number of ether oxygens (including phenoxy) is 1. The minimum absolute atomic E-state index is 0.00743. The molecule has 0 aliphatic carbocycles. The zero-order chi connectivity index (χ0) is 10.6. The van der Waals surface area contributed by atoms with Crippen LogP contribution in [0, 0.1) is 5.92 Å². The number of aliphatic carboxylic acids is 1. The van der Waals surface area contributed by atoms with Crippen molar-refractivity contribution in [1.29, 1.82) is 0 Å². The molecule has 0 aromatic heterocycles. The van der Waals surface area contributed by atoms with E-state index >= 15 is 0 Å². The maximum absolute atomic E-state index is 11.2. The normalized spacial score (nSPS) is 23.1. The summed E-state index contributed by atoms with van der Waals surface area (Å²) in [4.78, 5) is 23.4. The zero-order valence-corrected chi connectivity index (χ0v) is 8.23. The molecule has 5 heteroatoms. The number of carboxylic acid groups (broad SMARTS) is 1. The molecule has 1 atom stereocenters. The molecule has 1 aliphatic heterocycles. The van der Waals surface area contributed by atoms with Crippen LogP contribution in [0.2, 0.25) is 0 Å². The van der Waals surface area contributed by atoms with Crippen LogP contribution >= 0.6 is 0 Å². The first-order valence-corrected chi connectivity index (χ1v) is 4.65. The molecule has 80 valence electrons. The van der Waals surface area contributed by atoms with Crippen molar-refractivity contribution in [2.24, 2.45) is 5.92 Å². The van der Waals surface area contributed by atoms with Crippen molar-refractivity contribution in [1.82, 2.24) is 4.90 Å². The van der Waals surface area contributed by atoms with Gasteiger partial charge in [0.05, 0.1) is 19.6 Å².